The van der Waals surface area contributed by atoms with Crippen LogP contribution in [0, 0.1) is 35.6 Å². The van der Waals surface area contributed by atoms with Crippen LogP contribution in [0.5, 0.6) is 0 Å². The number of hydrogen-bond donors (Lipinski definition) is 0. The number of aromatic nitrogens is 4. The first kappa shape index (κ1) is 35.9. The summed E-state index contributed by atoms with van der Waals surface area (Å²) in [6, 6.07) is 19.5. The summed E-state index contributed by atoms with van der Waals surface area (Å²) in [7, 11) is 0. The Hall–Kier alpha value is -4.14. The third-order valence-electron chi connectivity index (χ3n) is 12.8. The van der Waals surface area contributed by atoms with Crippen molar-refractivity contribution in [1.29, 1.82) is 0 Å². The Labute approximate surface area is 468 Å². The third kappa shape index (κ3) is 13.8. The zero-order chi connectivity index (χ0) is 60.9. The summed E-state index contributed by atoms with van der Waals surface area (Å²) in [5.41, 5.74) is 8.98. The predicted molar refractivity (Wildman–Crippen MR) is 285 cm³/mol. The number of nitrogens with zero attached hydrogens (tertiary/aromatic N) is 4. The van der Waals surface area contributed by atoms with Gasteiger partial charge in [0.15, 0.2) is 0 Å². The molecule has 2 bridgehead atoms. The van der Waals surface area contributed by atoms with Gasteiger partial charge in [-0.3, -0.25) is 0 Å². The molecule has 4 aromatic heterocycles. The maximum Gasteiger partial charge on any atom is 0 e. The maximum atomic E-state index is 8.09. The molecular formula is C61H64Ge2Ir2N4-4. The minimum absolute atomic E-state index is 0. The van der Waals surface area contributed by atoms with Gasteiger partial charge < -0.3 is 9.97 Å². The van der Waals surface area contributed by atoms with Gasteiger partial charge in [-0.2, -0.15) is 0 Å². The van der Waals surface area contributed by atoms with Crippen LogP contribution in [0.4, 0.5) is 0 Å². The van der Waals surface area contributed by atoms with Crippen molar-refractivity contribution >= 4 is 35.3 Å². The first-order valence-electron chi connectivity index (χ1n) is 30.7. The van der Waals surface area contributed by atoms with Crippen LogP contribution in [-0.4, -0.2) is 46.5 Å². The summed E-state index contributed by atoms with van der Waals surface area (Å²) in [5.74, 6) is 14.9. The zero-order valence-electron chi connectivity index (χ0n) is 56.1. The molecule has 4 heterocycles. The Balaban J connectivity index is 0.000000181. The fourth-order valence-corrected chi connectivity index (χ4v) is 12.9. The number of aryl methyl sites for hydroxylation is 2. The maximum absolute atomic E-state index is 8.09. The van der Waals surface area contributed by atoms with Crippen molar-refractivity contribution in [1.82, 2.24) is 19.9 Å². The molecule has 2 atom stereocenters. The van der Waals surface area contributed by atoms with Gasteiger partial charge in [-0.25, -0.2) is 0 Å². The average molecular weight is 1400 g/mol. The van der Waals surface area contributed by atoms with Gasteiger partial charge in [0.05, 0.1) is 0 Å². The number of rotatable bonds is 6. The molecule has 0 amide bonds. The molecule has 0 N–H and O–H groups in total. The van der Waals surface area contributed by atoms with Crippen LogP contribution in [0.1, 0.15) is 83.2 Å². The quantitative estimate of drug-likeness (QED) is 0.123. The second-order valence-electron chi connectivity index (χ2n) is 19.7. The van der Waals surface area contributed by atoms with Crippen molar-refractivity contribution in [2.75, 3.05) is 0 Å². The minimum Gasteiger partial charge on any atom is 0 e. The van der Waals surface area contributed by atoms with E-state index in [9.17, 15) is 0 Å². The van der Waals surface area contributed by atoms with E-state index >= 15 is 0 Å². The molecule has 0 spiro atoms. The van der Waals surface area contributed by atoms with Crippen molar-refractivity contribution < 1.29 is 62.1 Å². The molecule has 1 saturated carbocycles. The van der Waals surface area contributed by atoms with E-state index in [1.807, 2.05) is 61.2 Å². The SMILES string of the molecule is [2H]c1[c-]c(-c2cc3c(cn2)CC2CC3C2(C)C)c([2H])c([2H])c1[2H].[2H]c1[c-]c(-c2cc3c(cn2)CCCC3)c([2H])c([2H])c1[2H].[2H]c1[c-]c(-c2cc[c]([Ge]([CH3])([CH3])[CH3])cn2)c([2H])c([2H])c1[2H].[2H]c1[c-]c(-c2cc[c]([Ge]([CH3])([CH3])[CH3])cn2)c([2H])c([2H])c1[2H].[Ir].[Ir]. The van der Waals surface area contributed by atoms with Gasteiger partial charge in [0.1, 0.15) is 0 Å². The fourth-order valence-electron chi connectivity index (χ4n) is 8.52. The number of pyridine rings is 4. The topological polar surface area (TPSA) is 51.6 Å². The van der Waals surface area contributed by atoms with Crippen LogP contribution in [0.3, 0.4) is 0 Å². The first-order valence-corrected chi connectivity index (χ1v) is 37.4. The van der Waals surface area contributed by atoms with Crippen LogP contribution < -0.4 is 8.79 Å². The van der Waals surface area contributed by atoms with E-state index in [2.05, 4.69) is 92.6 Å². The smallest absolute Gasteiger partial charge is 0 e. The van der Waals surface area contributed by atoms with Gasteiger partial charge >= 0.3 is 210 Å². The van der Waals surface area contributed by atoms with E-state index in [4.69, 9.17) is 21.9 Å². The van der Waals surface area contributed by atoms with E-state index in [1.54, 1.807) is 0 Å². The molecule has 8 aromatic rings. The molecule has 4 aromatic carbocycles. The molecule has 12 rings (SSSR count). The Bertz CT molecular complexity index is 3690. The summed E-state index contributed by atoms with van der Waals surface area (Å²) in [6.07, 6.45) is 14.0. The van der Waals surface area contributed by atoms with Gasteiger partial charge in [0.2, 0.25) is 0 Å². The molecule has 4 nitrogen and oxygen atoms in total. The Morgan fingerprint density at radius 2 is 0.913 bits per heavy atom. The second kappa shape index (κ2) is 24.3. The third-order valence-corrected chi connectivity index (χ3v) is 21.4. The average Bonchev–Trinajstić information content (AvgIpc) is 1.08. The van der Waals surface area contributed by atoms with Crippen LogP contribution in [0.15, 0.2) is 158 Å². The normalized spacial score (nSPS) is 19.2. The van der Waals surface area contributed by atoms with Gasteiger partial charge in [-0.05, 0) is 89.3 Å². The molecule has 0 saturated heterocycles. The fraction of sp³-hybridized carbons (Fsp3) is 0.279. The molecule has 2 unspecified atom stereocenters. The molecule has 4 aliphatic carbocycles. The van der Waals surface area contributed by atoms with E-state index in [0.29, 0.717) is 56.4 Å². The monoisotopic (exact) mass is 1400 g/mol. The van der Waals surface area contributed by atoms with E-state index in [1.165, 1.54) is 43.9 Å². The number of hydrogen-bond acceptors (Lipinski definition) is 4. The van der Waals surface area contributed by atoms with Crippen molar-refractivity contribution in [3.05, 3.63) is 204 Å². The Morgan fingerprint density at radius 3 is 1.33 bits per heavy atom. The van der Waals surface area contributed by atoms with Gasteiger partial charge in [-0.1, -0.05) is 31.5 Å². The Morgan fingerprint density at radius 1 is 0.507 bits per heavy atom. The van der Waals surface area contributed by atoms with Gasteiger partial charge in [-0.15, -0.1) is 71.6 Å². The molecule has 69 heavy (non-hydrogen) atoms. The molecule has 8 heteroatoms. The van der Waals surface area contributed by atoms with Crippen LogP contribution in [-0.2, 0) is 59.5 Å². The van der Waals surface area contributed by atoms with Crippen LogP contribution in [0.25, 0.3) is 45.0 Å². The molecule has 0 aliphatic heterocycles. The zero-order valence-corrected chi connectivity index (χ0v) is 49.1. The summed E-state index contributed by atoms with van der Waals surface area (Å²) >= 11 is -3.84. The van der Waals surface area contributed by atoms with E-state index in [0.717, 1.165) is 31.6 Å². The Kier molecular flexibility index (Phi) is 12.6. The van der Waals surface area contributed by atoms with Crippen molar-refractivity contribution in [2.45, 2.75) is 92.8 Å². The summed E-state index contributed by atoms with van der Waals surface area (Å²) in [4.78, 5) is 17.5. The number of benzene rings is 4. The van der Waals surface area contributed by atoms with Crippen molar-refractivity contribution in [3.63, 3.8) is 0 Å². The molecular weight excluding hydrogens is 1320 g/mol. The molecule has 1 fully saturated rings. The standard InChI is InChI=1S/C18H18N.C15H14N.2C14H16GeN.2Ir/c1-18(2)14-8-13-11-19-17(10-15(13)16(18)9-14)12-6-4-3-5-7-12;1-2-6-12(7-3-1)15-10-13-8-4-5-9-14(13)11-16-15;2*1-15(2,3)13-9-10-14(16-11-13)12-7-5-4-6-8-12;;/h3-6,10-11,14,16H,8-9H2,1-2H3;1-3,6,10-11H,4-5,8-9H2;2*4-7,9-11H,1-3H3;;/q4*-1;;/i3D,4D,5D,6D;1D,2D,3D,6D;2*4D,5D,6D,7D;;. The summed E-state index contributed by atoms with van der Waals surface area (Å²) in [5, 5.41) is 0. The van der Waals surface area contributed by atoms with Gasteiger partial charge in [0.25, 0.3) is 0 Å². The molecule has 4 aliphatic rings. The van der Waals surface area contributed by atoms with Crippen LogP contribution >= 0.6 is 0 Å². The summed E-state index contributed by atoms with van der Waals surface area (Å²) in [6.45, 7) is 4.63. The second-order valence-corrected chi connectivity index (χ2v) is 41.0. The van der Waals surface area contributed by atoms with Gasteiger partial charge in [0, 0.05) is 58.1 Å². The molecule has 358 valence electrons. The van der Waals surface area contributed by atoms with E-state index in [-0.39, 0.29) is 137 Å². The van der Waals surface area contributed by atoms with Crippen molar-refractivity contribution in [2.24, 2.45) is 11.3 Å². The minimum atomic E-state index is -1.92. The van der Waals surface area contributed by atoms with Crippen LogP contribution in [0.2, 0.25) is 34.5 Å². The number of fused-ring (bicyclic) bond motifs is 1. The summed E-state index contributed by atoms with van der Waals surface area (Å²) < 4.78 is 126. The molecule has 2 radical (unpaired) electrons. The largest absolute Gasteiger partial charge is 0 e. The first-order chi connectivity index (χ1) is 38.8. The van der Waals surface area contributed by atoms with E-state index < -0.39 is 26.5 Å². The van der Waals surface area contributed by atoms with Crippen molar-refractivity contribution in [3.8, 4) is 45.0 Å². The predicted octanol–water partition coefficient (Wildman–Crippen LogP) is 13.8.